The Morgan fingerprint density at radius 1 is 1.39 bits per heavy atom. The Balaban J connectivity index is 2.55. The van der Waals surface area contributed by atoms with E-state index in [0.29, 0.717) is 13.1 Å². The fourth-order valence-electron chi connectivity index (χ4n) is 1.87. The van der Waals surface area contributed by atoms with Crippen molar-refractivity contribution in [1.82, 2.24) is 10.2 Å². The van der Waals surface area contributed by atoms with Crippen LogP contribution in [0.15, 0.2) is 12.7 Å². The molecule has 1 N–H and O–H groups in total. The predicted molar refractivity (Wildman–Crippen MR) is 69.1 cm³/mol. The summed E-state index contributed by atoms with van der Waals surface area (Å²) in [5.41, 5.74) is -0.497. The standard InChI is InChI=1S/C13H22N2O3/c1-6-11(16)14-10-8-15(7-9(10)2)12(17)18-13(3,4)5/h6,9-10H,1,7-8H2,2-5H3,(H,14,16)/t9-,10-/m1/s1. The third-order valence-electron chi connectivity index (χ3n) is 2.78. The predicted octanol–water partition coefficient (Wildman–Crippen LogP) is 1.54. The normalized spacial score (nSPS) is 23.7. The summed E-state index contributed by atoms with van der Waals surface area (Å²) in [5.74, 6) is -0.000642. The van der Waals surface area contributed by atoms with Gasteiger partial charge in [-0.25, -0.2) is 4.79 Å². The molecule has 0 bridgehead atoms. The van der Waals surface area contributed by atoms with E-state index in [-0.39, 0.29) is 24.0 Å². The van der Waals surface area contributed by atoms with Gasteiger partial charge in [0.05, 0.1) is 6.04 Å². The van der Waals surface area contributed by atoms with E-state index in [1.165, 1.54) is 6.08 Å². The number of amides is 2. The first-order chi connectivity index (χ1) is 8.23. The number of carbonyl (C=O) groups is 2. The average molecular weight is 254 g/mol. The maximum absolute atomic E-state index is 11.9. The van der Waals surface area contributed by atoms with Crippen LogP contribution in [0.5, 0.6) is 0 Å². The molecule has 18 heavy (non-hydrogen) atoms. The molecule has 2 amide bonds. The monoisotopic (exact) mass is 254 g/mol. The van der Waals surface area contributed by atoms with Crippen LogP contribution in [-0.2, 0) is 9.53 Å². The fourth-order valence-corrected chi connectivity index (χ4v) is 1.87. The minimum Gasteiger partial charge on any atom is -0.444 e. The van der Waals surface area contributed by atoms with Gasteiger partial charge in [-0.2, -0.15) is 0 Å². The average Bonchev–Trinajstić information content (AvgIpc) is 2.58. The van der Waals surface area contributed by atoms with Crippen LogP contribution >= 0.6 is 0 Å². The number of hydrogen-bond acceptors (Lipinski definition) is 3. The van der Waals surface area contributed by atoms with Gasteiger partial charge in [-0.15, -0.1) is 0 Å². The molecular formula is C13H22N2O3. The van der Waals surface area contributed by atoms with E-state index < -0.39 is 5.60 Å². The van der Waals surface area contributed by atoms with Gasteiger partial charge in [-0.1, -0.05) is 13.5 Å². The van der Waals surface area contributed by atoms with Crippen LogP contribution < -0.4 is 5.32 Å². The van der Waals surface area contributed by atoms with Crippen LogP contribution in [0.1, 0.15) is 27.7 Å². The summed E-state index contributed by atoms with van der Waals surface area (Å²) < 4.78 is 5.30. The van der Waals surface area contributed by atoms with Gasteiger partial charge >= 0.3 is 6.09 Å². The summed E-state index contributed by atoms with van der Waals surface area (Å²) in [5, 5.41) is 2.82. The summed E-state index contributed by atoms with van der Waals surface area (Å²) in [6.45, 7) is 12.0. The molecule has 1 saturated heterocycles. The lowest BCUT2D eigenvalue weighted by Crippen LogP contribution is -2.40. The van der Waals surface area contributed by atoms with Crippen molar-refractivity contribution in [2.45, 2.75) is 39.3 Å². The molecule has 102 valence electrons. The number of nitrogens with one attached hydrogen (secondary N) is 1. The van der Waals surface area contributed by atoms with Crippen LogP contribution in [-0.4, -0.2) is 41.6 Å². The molecule has 0 aliphatic carbocycles. The Hall–Kier alpha value is -1.52. The quantitative estimate of drug-likeness (QED) is 0.760. The highest BCUT2D eigenvalue weighted by atomic mass is 16.6. The van der Waals surface area contributed by atoms with Crippen molar-refractivity contribution in [3.05, 3.63) is 12.7 Å². The van der Waals surface area contributed by atoms with Crippen molar-refractivity contribution in [3.63, 3.8) is 0 Å². The second-order valence-electron chi connectivity index (χ2n) is 5.68. The second-order valence-corrected chi connectivity index (χ2v) is 5.68. The van der Waals surface area contributed by atoms with E-state index in [4.69, 9.17) is 4.74 Å². The van der Waals surface area contributed by atoms with Crippen molar-refractivity contribution in [1.29, 1.82) is 0 Å². The number of nitrogens with zero attached hydrogens (tertiary/aromatic N) is 1. The minimum atomic E-state index is -0.497. The van der Waals surface area contributed by atoms with Gasteiger partial charge in [0.25, 0.3) is 0 Å². The molecule has 0 aromatic heterocycles. The van der Waals surface area contributed by atoms with Gasteiger partial charge in [-0.05, 0) is 32.8 Å². The van der Waals surface area contributed by atoms with Crippen molar-refractivity contribution in [3.8, 4) is 0 Å². The number of likely N-dealkylation sites (tertiary alicyclic amines) is 1. The molecule has 5 heteroatoms. The zero-order valence-electron chi connectivity index (χ0n) is 11.5. The summed E-state index contributed by atoms with van der Waals surface area (Å²) >= 11 is 0. The Morgan fingerprint density at radius 3 is 2.50 bits per heavy atom. The van der Waals surface area contributed by atoms with Crippen molar-refractivity contribution in [2.24, 2.45) is 5.92 Å². The van der Waals surface area contributed by atoms with E-state index in [1.807, 2.05) is 27.7 Å². The molecule has 0 aromatic carbocycles. The Morgan fingerprint density at radius 2 is 2.00 bits per heavy atom. The van der Waals surface area contributed by atoms with Gasteiger partial charge in [0, 0.05) is 13.1 Å². The Kier molecular flexibility index (Phi) is 4.38. The first-order valence-electron chi connectivity index (χ1n) is 6.14. The molecule has 2 atom stereocenters. The van der Waals surface area contributed by atoms with Crippen molar-refractivity contribution in [2.75, 3.05) is 13.1 Å². The number of carbonyl (C=O) groups excluding carboxylic acids is 2. The highest BCUT2D eigenvalue weighted by Crippen LogP contribution is 2.19. The van der Waals surface area contributed by atoms with Crippen molar-refractivity contribution >= 4 is 12.0 Å². The SMILES string of the molecule is C=CC(=O)N[C@@H]1CN(C(=O)OC(C)(C)C)C[C@H]1C. The number of ether oxygens (including phenoxy) is 1. The summed E-state index contributed by atoms with van der Waals surface area (Å²) in [6.07, 6.45) is 0.910. The third-order valence-corrected chi connectivity index (χ3v) is 2.78. The lowest BCUT2D eigenvalue weighted by Gasteiger charge is -2.24. The fraction of sp³-hybridized carbons (Fsp3) is 0.692. The molecule has 0 saturated carbocycles. The topological polar surface area (TPSA) is 58.6 Å². The van der Waals surface area contributed by atoms with E-state index in [9.17, 15) is 9.59 Å². The maximum atomic E-state index is 11.9. The molecule has 1 aliphatic rings. The van der Waals surface area contributed by atoms with Gasteiger partial charge in [0.15, 0.2) is 0 Å². The van der Waals surface area contributed by atoms with Crippen LogP contribution in [0.4, 0.5) is 4.79 Å². The molecule has 0 aromatic rings. The molecule has 1 aliphatic heterocycles. The van der Waals surface area contributed by atoms with E-state index in [0.717, 1.165) is 0 Å². The molecule has 1 rings (SSSR count). The van der Waals surface area contributed by atoms with Crippen molar-refractivity contribution < 1.29 is 14.3 Å². The van der Waals surface area contributed by atoms with Crippen LogP contribution in [0.25, 0.3) is 0 Å². The van der Waals surface area contributed by atoms with Crippen LogP contribution in [0, 0.1) is 5.92 Å². The minimum absolute atomic E-state index is 0.0389. The maximum Gasteiger partial charge on any atom is 0.410 e. The summed E-state index contributed by atoms with van der Waals surface area (Å²) in [6, 6.07) is -0.0389. The van der Waals surface area contributed by atoms with Crippen LogP contribution in [0.3, 0.4) is 0 Å². The van der Waals surface area contributed by atoms with E-state index in [1.54, 1.807) is 4.90 Å². The van der Waals surface area contributed by atoms with Crippen LogP contribution in [0.2, 0.25) is 0 Å². The highest BCUT2D eigenvalue weighted by molar-refractivity contribution is 5.87. The molecule has 0 radical (unpaired) electrons. The molecule has 5 nitrogen and oxygen atoms in total. The Bertz CT molecular complexity index is 347. The van der Waals surface area contributed by atoms with E-state index >= 15 is 0 Å². The molecule has 1 fully saturated rings. The lowest BCUT2D eigenvalue weighted by atomic mass is 10.1. The number of rotatable bonds is 2. The lowest BCUT2D eigenvalue weighted by molar-refractivity contribution is -0.117. The van der Waals surface area contributed by atoms with Gasteiger partial charge in [-0.3, -0.25) is 4.79 Å². The smallest absolute Gasteiger partial charge is 0.410 e. The summed E-state index contributed by atoms with van der Waals surface area (Å²) in [7, 11) is 0. The zero-order valence-corrected chi connectivity index (χ0v) is 11.5. The van der Waals surface area contributed by atoms with E-state index in [2.05, 4.69) is 11.9 Å². The molecular weight excluding hydrogens is 232 g/mol. The molecule has 0 unspecified atom stereocenters. The second kappa shape index (κ2) is 5.42. The largest absolute Gasteiger partial charge is 0.444 e. The van der Waals surface area contributed by atoms with Gasteiger partial charge < -0.3 is 15.0 Å². The first kappa shape index (κ1) is 14.5. The zero-order chi connectivity index (χ0) is 13.9. The third kappa shape index (κ3) is 4.05. The molecule has 1 heterocycles. The molecule has 0 spiro atoms. The van der Waals surface area contributed by atoms with Gasteiger partial charge in [0.1, 0.15) is 5.60 Å². The highest BCUT2D eigenvalue weighted by Gasteiger charge is 2.35. The van der Waals surface area contributed by atoms with Gasteiger partial charge in [0.2, 0.25) is 5.91 Å². The Labute approximate surface area is 108 Å². The number of hydrogen-bond donors (Lipinski definition) is 1. The summed E-state index contributed by atoms with van der Waals surface area (Å²) in [4.78, 5) is 24.8. The first-order valence-corrected chi connectivity index (χ1v) is 6.14.